The molecule has 1 aromatic heterocycles. The number of ether oxygens (including phenoxy) is 1. The van der Waals surface area contributed by atoms with E-state index in [4.69, 9.17) is 4.74 Å². The van der Waals surface area contributed by atoms with Crippen LogP contribution >= 0.6 is 24.0 Å². The molecule has 0 bridgehead atoms. The molecule has 8 heteroatoms. The molecule has 1 heterocycles. The van der Waals surface area contributed by atoms with Gasteiger partial charge in [0, 0.05) is 25.8 Å². The molecule has 0 spiro atoms. The largest absolute Gasteiger partial charge is 0.469 e. The van der Waals surface area contributed by atoms with Crippen molar-refractivity contribution in [1.29, 1.82) is 0 Å². The summed E-state index contributed by atoms with van der Waals surface area (Å²) in [5.41, 5.74) is 4.20. The molecular weight excluding hydrogens is 457 g/mol. The SMILES string of the molecule is CN=C(NCc1ccccc1-n1nc(C)cc1C)NCC(C)C(=O)OC.I. The van der Waals surface area contributed by atoms with Crippen LogP contribution in [-0.4, -0.2) is 42.4 Å². The number of benzene rings is 1. The number of aliphatic imine (C=N–C) groups is 1. The summed E-state index contributed by atoms with van der Waals surface area (Å²) in [5.74, 6) is 0.132. The molecule has 0 fully saturated rings. The van der Waals surface area contributed by atoms with Crippen molar-refractivity contribution in [3.8, 4) is 5.69 Å². The van der Waals surface area contributed by atoms with Crippen LogP contribution in [0.2, 0.25) is 0 Å². The van der Waals surface area contributed by atoms with Crippen LogP contribution in [0.1, 0.15) is 23.9 Å². The van der Waals surface area contributed by atoms with E-state index in [0.717, 1.165) is 22.6 Å². The average Bonchev–Trinajstić information content (AvgIpc) is 2.99. The number of hydrogen-bond donors (Lipinski definition) is 2. The summed E-state index contributed by atoms with van der Waals surface area (Å²) in [4.78, 5) is 15.7. The summed E-state index contributed by atoms with van der Waals surface area (Å²) >= 11 is 0. The van der Waals surface area contributed by atoms with E-state index in [1.807, 2.05) is 43.7 Å². The average molecular weight is 485 g/mol. The van der Waals surface area contributed by atoms with E-state index in [9.17, 15) is 4.79 Å². The highest BCUT2D eigenvalue weighted by atomic mass is 127. The van der Waals surface area contributed by atoms with Crippen molar-refractivity contribution in [3.63, 3.8) is 0 Å². The first kappa shape index (κ1) is 22.9. The maximum atomic E-state index is 11.5. The lowest BCUT2D eigenvalue weighted by Crippen LogP contribution is -2.40. The van der Waals surface area contributed by atoms with Gasteiger partial charge in [0.1, 0.15) is 0 Å². The van der Waals surface area contributed by atoms with E-state index < -0.39 is 0 Å². The van der Waals surface area contributed by atoms with Crippen LogP contribution in [0.15, 0.2) is 35.3 Å². The van der Waals surface area contributed by atoms with E-state index in [-0.39, 0.29) is 35.9 Å². The number of methoxy groups -OCH3 is 1. The Morgan fingerprint density at radius 3 is 2.59 bits per heavy atom. The number of para-hydroxylation sites is 1. The molecule has 1 aromatic carbocycles. The Hall–Kier alpha value is -2.10. The Morgan fingerprint density at radius 2 is 2.00 bits per heavy atom. The Bertz CT molecular complexity index is 788. The van der Waals surface area contributed by atoms with E-state index in [1.165, 1.54) is 7.11 Å². The molecule has 0 radical (unpaired) electrons. The zero-order chi connectivity index (χ0) is 19.1. The Kier molecular flexibility index (Phi) is 9.27. The van der Waals surface area contributed by atoms with Gasteiger partial charge >= 0.3 is 5.97 Å². The zero-order valence-corrected chi connectivity index (χ0v) is 18.8. The molecule has 2 N–H and O–H groups in total. The minimum Gasteiger partial charge on any atom is -0.469 e. The second kappa shape index (κ2) is 10.9. The third-order valence-electron chi connectivity index (χ3n) is 4.08. The number of nitrogens with one attached hydrogen (secondary N) is 2. The van der Waals surface area contributed by atoms with Crippen molar-refractivity contribution in [2.75, 3.05) is 20.7 Å². The summed E-state index contributed by atoms with van der Waals surface area (Å²) in [7, 11) is 3.09. The van der Waals surface area contributed by atoms with E-state index in [2.05, 4.69) is 32.9 Å². The normalized spacial score (nSPS) is 12.1. The predicted octanol–water partition coefficient (Wildman–Crippen LogP) is 2.58. The van der Waals surface area contributed by atoms with Gasteiger partial charge < -0.3 is 15.4 Å². The number of carbonyl (C=O) groups is 1. The van der Waals surface area contributed by atoms with Gasteiger partial charge in [-0.2, -0.15) is 5.10 Å². The van der Waals surface area contributed by atoms with Crippen LogP contribution in [0.25, 0.3) is 5.69 Å². The summed E-state index contributed by atoms with van der Waals surface area (Å²) < 4.78 is 6.68. The Morgan fingerprint density at radius 1 is 1.30 bits per heavy atom. The zero-order valence-electron chi connectivity index (χ0n) is 16.4. The van der Waals surface area contributed by atoms with E-state index in [1.54, 1.807) is 7.05 Å². The second-order valence-electron chi connectivity index (χ2n) is 6.20. The molecule has 0 aliphatic rings. The maximum absolute atomic E-state index is 11.5. The number of hydrogen-bond acceptors (Lipinski definition) is 4. The van der Waals surface area contributed by atoms with Crippen molar-refractivity contribution in [2.45, 2.75) is 27.3 Å². The minimum absolute atomic E-state index is 0. The highest BCUT2D eigenvalue weighted by Crippen LogP contribution is 2.16. The minimum atomic E-state index is -0.250. The maximum Gasteiger partial charge on any atom is 0.310 e. The van der Waals surface area contributed by atoms with Crippen molar-refractivity contribution in [1.82, 2.24) is 20.4 Å². The third kappa shape index (κ3) is 6.23. The van der Waals surface area contributed by atoms with Crippen LogP contribution in [0.3, 0.4) is 0 Å². The van der Waals surface area contributed by atoms with Crippen molar-refractivity contribution < 1.29 is 9.53 Å². The van der Waals surface area contributed by atoms with Gasteiger partial charge in [0.05, 0.1) is 24.4 Å². The lowest BCUT2D eigenvalue weighted by Gasteiger charge is -2.16. The van der Waals surface area contributed by atoms with Crippen molar-refractivity contribution in [2.24, 2.45) is 10.9 Å². The summed E-state index contributed by atoms with van der Waals surface area (Å²) in [5, 5.41) is 11.0. The fourth-order valence-electron chi connectivity index (χ4n) is 2.67. The number of rotatable bonds is 6. The molecule has 7 nitrogen and oxygen atoms in total. The lowest BCUT2D eigenvalue weighted by molar-refractivity contribution is -0.144. The molecule has 0 saturated heterocycles. The van der Waals surface area contributed by atoms with Crippen LogP contribution in [0, 0.1) is 19.8 Å². The first-order valence-corrected chi connectivity index (χ1v) is 8.60. The highest BCUT2D eigenvalue weighted by molar-refractivity contribution is 14.0. The van der Waals surface area contributed by atoms with Crippen molar-refractivity contribution >= 4 is 35.9 Å². The summed E-state index contributed by atoms with van der Waals surface area (Å²) in [6.07, 6.45) is 0. The lowest BCUT2D eigenvalue weighted by atomic mass is 10.1. The van der Waals surface area contributed by atoms with Crippen LogP contribution in [-0.2, 0) is 16.1 Å². The molecule has 0 amide bonds. The number of guanidine groups is 1. The quantitative estimate of drug-likeness (QED) is 0.285. The molecule has 0 aliphatic carbocycles. The molecule has 2 rings (SSSR count). The number of aromatic nitrogens is 2. The molecule has 0 saturated carbocycles. The number of nitrogens with zero attached hydrogens (tertiary/aromatic N) is 3. The van der Waals surface area contributed by atoms with Gasteiger partial charge in [-0.1, -0.05) is 25.1 Å². The molecule has 2 aromatic rings. The Labute approximate surface area is 177 Å². The highest BCUT2D eigenvalue weighted by Gasteiger charge is 2.14. The second-order valence-corrected chi connectivity index (χ2v) is 6.20. The fourth-order valence-corrected chi connectivity index (χ4v) is 2.67. The van der Waals surface area contributed by atoms with Gasteiger partial charge in [0.25, 0.3) is 0 Å². The first-order chi connectivity index (χ1) is 12.5. The molecule has 1 unspecified atom stereocenters. The van der Waals surface area contributed by atoms with Gasteiger partial charge in [-0.25, -0.2) is 4.68 Å². The molecule has 27 heavy (non-hydrogen) atoms. The Balaban J connectivity index is 0.00000364. The molecule has 0 aliphatic heterocycles. The van der Waals surface area contributed by atoms with Gasteiger partial charge in [0.2, 0.25) is 0 Å². The molecular formula is C19H28IN5O2. The van der Waals surface area contributed by atoms with E-state index >= 15 is 0 Å². The fraction of sp³-hybridized carbons (Fsp3) is 0.421. The van der Waals surface area contributed by atoms with Crippen LogP contribution in [0.4, 0.5) is 0 Å². The topological polar surface area (TPSA) is 80.5 Å². The van der Waals surface area contributed by atoms with Gasteiger partial charge in [-0.05, 0) is 31.5 Å². The monoisotopic (exact) mass is 485 g/mol. The molecule has 1 atom stereocenters. The van der Waals surface area contributed by atoms with Crippen molar-refractivity contribution in [3.05, 3.63) is 47.3 Å². The number of aryl methyl sites for hydroxylation is 2. The number of esters is 1. The number of carbonyl (C=O) groups excluding carboxylic acids is 1. The summed E-state index contributed by atoms with van der Waals surface area (Å²) in [6.45, 7) is 6.87. The molecule has 148 valence electrons. The van der Waals surface area contributed by atoms with Gasteiger partial charge in [-0.3, -0.25) is 9.79 Å². The standard InChI is InChI=1S/C19H27N5O2.HI/c1-13(18(25)26-5)11-21-19(20-4)22-12-16-8-6-7-9-17(16)24-15(3)10-14(2)23-24;/h6-10,13H,11-12H2,1-5H3,(H2,20,21,22);1H. The predicted molar refractivity (Wildman–Crippen MR) is 118 cm³/mol. The van der Waals surface area contributed by atoms with Gasteiger partial charge in [0.15, 0.2) is 5.96 Å². The van der Waals surface area contributed by atoms with E-state index in [0.29, 0.717) is 19.0 Å². The summed E-state index contributed by atoms with van der Waals surface area (Å²) in [6, 6.07) is 10.2. The third-order valence-corrected chi connectivity index (χ3v) is 4.08. The first-order valence-electron chi connectivity index (χ1n) is 8.60. The van der Waals surface area contributed by atoms with Crippen LogP contribution in [0.5, 0.6) is 0 Å². The number of halogens is 1. The van der Waals surface area contributed by atoms with Crippen LogP contribution < -0.4 is 10.6 Å². The smallest absolute Gasteiger partial charge is 0.310 e. The van der Waals surface area contributed by atoms with Gasteiger partial charge in [-0.15, -0.1) is 24.0 Å².